The van der Waals surface area contributed by atoms with E-state index in [1.54, 1.807) is 0 Å². The van der Waals surface area contributed by atoms with Crippen LogP contribution in [0.1, 0.15) is 12.0 Å². The molecule has 1 N–H and O–H groups in total. The van der Waals surface area contributed by atoms with Gasteiger partial charge in [0.05, 0.1) is 0 Å². The normalized spacial score (nSPS) is 16.3. The molecular weight excluding hydrogens is 256 g/mol. The van der Waals surface area contributed by atoms with Gasteiger partial charge < -0.3 is 10.2 Å². The maximum atomic E-state index is 11.5. The van der Waals surface area contributed by atoms with Gasteiger partial charge in [-0.1, -0.05) is 28.1 Å². The Morgan fingerprint density at radius 1 is 1.33 bits per heavy atom. The van der Waals surface area contributed by atoms with Crippen LogP contribution in [0.5, 0.6) is 0 Å². The minimum Gasteiger partial charge on any atom is -0.338 e. The third-order valence-electron chi connectivity index (χ3n) is 2.45. The zero-order chi connectivity index (χ0) is 10.7. The van der Waals surface area contributed by atoms with Crippen molar-refractivity contribution in [1.29, 1.82) is 0 Å². The third kappa shape index (κ3) is 2.72. The van der Waals surface area contributed by atoms with Crippen molar-refractivity contribution in [3.63, 3.8) is 0 Å². The lowest BCUT2D eigenvalue weighted by atomic mass is 10.2. The van der Waals surface area contributed by atoms with Crippen molar-refractivity contribution in [2.45, 2.75) is 13.0 Å². The molecule has 1 aromatic carbocycles. The van der Waals surface area contributed by atoms with E-state index in [9.17, 15) is 4.79 Å². The van der Waals surface area contributed by atoms with Crippen LogP contribution >= 0.6 is 15.9 Å². The maximum Gasteiger partial charge on any atom is 0.317 e. The van der Waals surface area contributed by atoms with Gasteiger partial charge >= 0.3 is 6.03 Å². The molecule has 2 rings (SSSR count). The number of halogens is 1. The quantitative estimate of drug-likeness (QED) is 0.878. The SMILES string of the molecule is O=C1NCCCN1Cc1ccc(Br)cc1. The number of nitrogens with one attached hydrogen (secondary N) is 1. The Kier molecular flexibility index (Phi) is 3.26. The van der Waals surface area contributed by atoms with E-state index in [2.05, 4.69) is 21.2 Å². The van der Waals surface area contributed by atoms with E-state index in [4.69, 9.17) is 0 Å². The topological polar surface area (TPSA) is 32.3 Å². The molecule has 0 radical (unpaired) electrons. The van der Waals surface area contributed by atoms with Crippen molar-refractivity contribution < 1.29 is 4.79 Å². The van der Waals surface area contributed by atoms with Crippen molar-refractivity contribution in [3.05, 3.63) is 34.3 Å². The monoisotopic (exact) mass is 268 g/mol. The second kappa shape index (κ2) is 4.66. The van der Waals surface area contributed by atoms with Crippen molar-refractivity contribution >= 4 is 22.0 Å². The highest BCUT2D eigenvalue weighted by molar-refractivity contribution is 9.10. The van der Waals surface area contributed by atoms with Gasteiger partial charge in [-0.2, -0.15) is 0 Å². The fourth-order valence-corrected chi connectivity index (χ4v) is 1.90. The smallest absolute Gasteiger partial charge is 0.317 e. The average molecular weight is 269 g/mol. The van der Waals surface area contributed by atoms with Crippen LogP contribution < -0.4 is 5.32 Å². The minimum atomic E-state index is 0.0455. The Balaban J connectivity index is 2.01. The largest absolute Gasteiger partial charge is 0.338 e. The van der Waals surface area contributed by atoms with E-state index < -0.39 is 0 Å². The van der Waals surface area contributed by atoms with Gasteiger partial charge in [0.25, 0.3) is 0 Å². The number of hydrogen-bond donors (Lipinski definition) is 1. The van der Waals surface area contributed by atoms with E-state index in [0.717, 1.165) is 29.5 Å². The van der Waals surface area contributed by atoms with Gasteiger partial charge in [0.15, 0.2) is 0 Å². The number of urea groups is 1. The lowest BCUT2D eigenvalue weighted by Crippen LogP contribution is -2.45. The van der Waals surface area contributed by atoms with Crippen molar-refractivity contribution in [1.82, 2.24) is 10.2 Å². The molecule has 1 aliphatic heterocycles. The molecule has 0 aromatic heterocycles. The van der Waals surface area contributed by atoms with Gasteiger partial charge in [-0.3, -0.25) is 0 Å². The van der Waals surface area contributed by atoms with Gasteiger partial charge in [0, 0.05) is 24.1 Å². The molecule has 80 valence electrons. The second-order valence-corrected chi connectivity index (χ2v) is 4.55. The fraction of sp³-hybridized carbons (Fsp3) is 0.364. The molecule has 3 nitrogen and oxygen atoms in total. The van der Waals surface area contributed by atoms with Crippen LogP contribution in [0.3, 0.4) is 0 Å². The Hall–Kier alpha value is -1.03. The average Bonchev–Trinajstić information content (AvgIpc) is 2.25. The third-order valence-corrected chi connectivity index (χ3v) is 2.98. The van der Waals surface area contributed by atoms with Gasteiger partial charge in [-0.25, -0.2) is 4.79 Å². The number of amides is 2. The predicted molar refractivity (Wildman–Crippen MR) is 62.6 cm³/mol. The van der Waals surface area contributed by atoms with Crippen molar-refractivity contribution in [2.75, 3.05) is 13.1 Å². The number of carbonyl (C=O) groups is 1. The molecule has 0 saturated carbocycles. The number of carbonyl (C=O) groups excluding carboxylic acids is 1. The summed E-state index contributed by atoms with van der Waals surface area (Å²) in [6.45, 7) is 2.34. The predicted octanol–water partition coefficient (Wildman–Crippen LogP) is 2.36. The molecule has 1 heterocycles. The summed E-state index contributed by atoms with van der Waals surface area (Å²) in [5, 5.41) is 2.84. The Labute approximate surface area is 97.6 Å². The summed E-state index contributed by atoms with van der Waals surface area (Å²) >= 11 is 3.39. The van der Waals surface area contributed by atoms with E-state index >= 15 is 0 Å². The number of rotatable bonds is 2. The van der Waals surface area contributed by atoms with Gasteiger partial charge in [0.2, 0.25) is 0 Å². The highest BCUT2D eigenvalue weighted by Gasteiger charge is 2.16. The molecule has 1 aromatic rings. The van der Waals surface area contributed by atoms with E-state index in [1.165, 1.54) is 0 Å². The molecule has 0 spiro atoms. The first-order chi connectivity index (χ1) is 7.25. The molecule has 0 atom stereocenters. The van der Waals surface area contributed by atoms with Gasteiger partial charge in [-0.05, 0) is 24.1 Å². The van der Waals surface area contributed by atoms with E-state index in [0.29, 0.717) is 6.54 Å². The fourth-order valence-electron chi connectivity index (χ4n) is 1.64. The van der Waals surface area contributed by atoms with Crippen LogP contribution in [0.15, 0.2) is 28.7 Å². The van der Waals surface area contributed by atoms with Crippen LogP contribution in [0.2, 0.25) is 0 Å². The number of benzene rings is 1. The first-order valence-electron chi connectivity index (χ1n) is 5.03. The van der Waals surface area contributed by atoms with Crippen molar-refractivity contribution in [3.8, 4) is 0 Å². The van der Waals surface area contributed by atoms with Gasteiger partial charge in [-0.15, -0.1) is 0 Å². The molecule has 2 amide bonds. The minimum absolute atomic E-state index is 0.0455. The maximum absolute atomic E-state index is 11.5. The summed E-state index contributed by atoms with van der Waals surface area (Å²) in [5.41, 5.74) is 1.16. The van der Waals surface area contributed by atoms with Crippen LogP contribution in [0.25, 0.3) is 0 Å². The molecule has 1 aliphatic rings. The van der Waals surface area contributed by atoms with Crippen molar-refractivity contribution in [2.24, 2.45) is 0 Å². The molecule has 1 saturated heterocycles. The van der Waals surface area contributed by atoms with Crippen LogP contribution in [0.4, 0.5) is 4.79 Å². The Bertz CT molecular complexity index is 350. The molecule has 0 aliphatic carbocycles. The Morgan fingerprint density at radius 3 is 2.73 bits per heavy atom. The lowest BCUT2D eigenvalue weighted by Gasteiger charge is -2.27. The second-order valence-electron chi connectivity index (χ2n) is 3.63. The van der Waals surface area contributed by atoms with E-state index in [1.807, 2.05) is 29.2 Å². The van der Waals surface area contributed by atoms with Crippen LogP contribution in [-0.2, 0) is 6.54 Å². The lowest BCUT2D eigenvalue weighted by molar-refractivity contribution is 0.183. The summed E-state index contributed by atoms with van der Waals surface area (Å²) in [6, 6.07) is 8.11. The van der Waals surface area contributed by atoms with Crippen LogP contribution in [0, 0.1) is 0 Å². The zero-order valence-corrected chi connectivity index (χ0v) is 9.96. The molecule has 4 heteroatoms. The highest BCUT2D eigenvalue weighted by atomic mass is 79.9. The number of hydrogen-bond acceptors (Lipinski definition) is 1. The summed E-state index contributed by atoms with van der Waals surface area (Å²) in [4.78, 5) is 13.3. The van der Waals surface area contributed by atoms with Gasteiger partial charge in [0.1, 0.15) is 0 Å². The summed E-state index contributed by atoms with van der Waals surface area (Å²) in [7, 11) is 0. The molecule has 0 unspecified atom stereocenters. The highest BCUT2D eigenvalue weighted by Crippen LogP contribution is 2.13. The van der Waals surface area contributed by atoms with E-state index in [-0.39, 0.29) is 6.03 Å². The summed E-state index contributed by atoms with van der Waals surface area (Å²) in [5.74, 6) is 0. The molecule has 0 bridgehead atoms. The number of nitrogens with zero attached hydrogens (tertiary/aromatic N) is 1. The van der Waals surface area contributed by atoms with Crippen LogP contribution in [-0.4, -0.2) is 24.0 Å². The molecular formula is C11H13BrN2O. The standard InChI is InChI=1S/C11H13BrN2O/c12-10-4-2-9(3-5-10)8-14-7-1-6-13-11(14)15/h2-5H,1,6-8H2,(H,13,15). The molecule has 15 heavy (non-hydrogen) atoms. The first-order valence-corrected chi connectivity index (χ1v) is 5.82. The zero-order valence-electron chi connectivity index (χ0n) is 8.37. The summed E-state index contributed by atoms with van der Waals surface area (Å²) < 4.78 is 1.06. The summed E-state index contributed by atoms with van der Waals surface area (Å²) in [6.07, 6.45) is 1.03. The Morgan fingerprint density at radius 2 is 2.07 bits per heavy atom. The molecule has 1 fully saturated rings. The first kappa shape index (κ1) is 10.5.